The molecule has 0 N–H and O–H groups in total. The molecule has 0 fully saturated rings. The summed E-state index contributed by atoms with van der Waals surface area (Å²) in [4.78, 5) is 2.32. The molecule has 3 heteroatoms. The SMILES string of the molecule is CC(C)c1ccc(-n2[c-][n+]3c4c(cccc42)N(C)c2c-3ccc3ccccc23)cc1. The maximum absolute atomic E-state index is 3.64. The molecule has 6 rings (SSSR count). The Morgan fingerprint density at radius 1 is 0.833 bits per heavy atom. The fraction of sp³-hybridized carbons (Fsp3) is 0.148. The van der Waals surface area contributed by atoms with Gasteiger partial charge in [0.15, 0.2) is 0 Å². The lowest BCUT2D eigenvalue weighted by molar-refractivity contribution is -0.572. The summed E-state index contributed by atoms with van der Waals surface area (Å²) in [6.07, 6.45) is 3.64. The Hall–Kier alpha value is -3.59. The Morgan fingerprint density at radius 3 is 2.43 bits per heavy atom. The van der Waals surface area contributed by atoms with Gasteiger partial charge < -0.3 is 4.90 Å². The number of hydrogen-bond donors (Lipinski definition) is 0. The predicted molar refractivity (Wildman–Crippen MR) is 123 cm³/mol. The van der Waals surface area contributed by atoms with Crippen LogP contribution < -0.4 is 9.47 Å². The van der Waals surface area contributed by atoms with E-state index in [-0.39, 0.29) is 0 Å². The molecule has 1 aliphatic heterocycles. The molecular weight excluding hydrogens is 366 g/mol. The van der Waals surface area contributed by atoms with Gasteiger partial charge in [0.25, 0.3) is 6.33 Å². The van der Waals surface area contributed by atoms with Gasteiger partial charge in [0.2, 0.25) is 0 Å². The predicted octanol–water partition coefficient (Wildman–Crippen LogP) is 6.07. The third-order valence-electron chi connectivity index (χ3n) is 6.29. The number of aromatic nitrogens is 2. The Labute approximate surface area is 176 Å². The van der Waals surface area contributed by atoms with Crippen LogP contribution in [0.5, 0.6) is 0 Å². The van der Waals surface area contributed by atoms with Crippen LogP contribution in [-0.4, -0.2) is 11.6 Å². The Balaban J connectivity index is 1.65. The first-order chi connectivity index (χ1) is 14.6. The van der Waals surface area contributed by atoms with Gasteiger partial charge in [-0.15, -0.1) is 0 Å². The molecule has 0 atom stereocenters. The summed E-state index contributed by atoms with van der Waals surface area (Å²) in [6, 6.07) is 28.4. The summed E-state index contributed by atoms with van der Waals surface area (Å²) in [5.41, 5.74) is 8.42. The van der Waals surface area contributed by atoms with Gasteiger partial charge >= 0.3 is 0 Å². The average molecular weight is 390 g/mol. The third kappa shape index (κ3) is 2.29. The molecule has 4 aromatic carbocycles. The zero-order valence-corrected chi connectivity index (χ0v) is 17.4. The van der Waals surface area contributed by atoms with Crippen molar-refractivity contribution in [2.45, 2.75) is 19.8 Å². The van der Waals surface area contributed by atoms with Crippen molar-refractivity contribution in [2.75, 3.05) is 11.9 Å². The third-order valence-corrected chi connectivity index (χ3v) is 6.29. The van der Waals surface area contributed by atoms with E-state index < -0.39 is 0 Å². The molecule has 0 radical (unpaired) electrons. The first-order valence-corrected chi connectivity index (χ1v) is 10.5. The molecule has 0 saturated carbocycles. The van der Waals surface area contributed by atoms with E-state index in [1.807, 2.05) is 0 Å². The number of imidazole rings is 1. The monoisotopic (exact) mass is 389 g/mol. The van der Waals surface area contributed by atoms with E-state index in [1.165, 1.54) is 33.2 Å². The van der Waals surface area contributed by atoms with Crippen molar-refractivity contribution in [2.24, 2.45) is 0 Å². The number of fused-ring (bicyclic) bond motifs is 4. The van der Waals surface area contributed by atoms with Crippen LogP contribution in [-0.2, 0) is 0 Å². The molecule has 3 nitrogen and oxygen atoms in total. The van der Waals surface area contributed by atoms with E-state index in [2.05, 4.69) is 120 Å². The molecule has 0 aliphatic carbocycles. The highest BCUT2D eigenvalue weighted by Gasteiger charge is 2.26. The molecule has 5 aromatic rings. The van der Waals surface area contributed by atoms with E-state index >= 15 is 0 Å². The van der Waals surface area contributed by atoms with Crippen LogP contribution in [0.2, 0.25) is 0 Å². The van der Waals surface area contributed by atoms with Crippen molar-refractivity contribution in [3.05, 3.63) is 90.8 Å². The molecule has 0 spiro atoms. The van der Waals surface area contributed by atoms with Crippen molar-refractivity contribution in [3.63, 3.8) is 0 Å². The number of benzene rings is 4. The lowest BCUT2D eigenvalue weighted by Crippen LogP contribution is -2.36. The number of para-hydroxylation sites is 1. The van der Waals surface area contributed by atoms with E-state index in [0.717, 1.165) is 16.9 Å². The van der Waals surface area contributed by atoms with Crippen LogP contribution in [0.15, 0.2) is 78.9 Å². The average Bonchev–Trinajstić information content (AvgIpc) is 3.17. The largest absolute Gasteiger partial charge is 0.350 e. The molecule has 0 unspecified atom stereocenters. The molecule has 146 valence electrons. The van der Waals surface area contributed by atoms with Gasteiger partial charge in [-0.3, -0.25) is 9.13 Å². The van der Waals surface area contributed by atoms with Crippen LogP contribution in [0.1, 0.15) is 25.3 Å². The second kappa shape index (κ2) is 6.20. The van der Waals surface area contributed by atoms with Crippen molar-refractivity contribution < 1.29 is 4.57 Å². The van der Waals surface area contributed by atoms with Crippen molar-refractivity contribution in [1.29, 1.82) is 0 Å². The van der Waals surface area contributed by atoms with Gasteiger partial charge in [-0.2, -0.15) is 0 Å². The summed E-state index contributed by atoms with van der Waals surface area (Å²) >= 11 is 0. The summed E-state index contributed by atoms with van der Waals surface area (Å²) in [5, 5.41) is 2.51. The Kier molecular flexibility index (Phi) is 3.57. The second-order valence-corrected chi connectivity index (χ2v) is 8.38. The molecule has 30 heavy (non-hydrogen) atoms. The maximum atomic E-state index is 3.64. The summed E-state index contributed by atoms with van der Waals surface area (Å²) in [7, 11) is 2.16. The molecule has 0 bridgehead atoms. The van der Waals surface area contributed by atoms with E-state index in [0.29, 0.717) is 5.92 Å². The van der Waals surface area contributed by atoms with Crippen LogP contribution in [0.25, 0.3) is 33.2 Å². The normalized spacial score (nSPS) is 12.7. The molecule has 1 aliphatic rings. The smallest absolute Gasteiger partial charge is 0.269 e. The minimum atomic E-state index is 0.525. The lowest BCUT2D eigenvalue weighted by Gasteiger charge is -2.30. The van der Waals surface area contributed by atoms with Crippen molar-refractivity contribution >= 4 is 33.2 Å². The number of nitrogens with zero attached hydrogens (tertiary/aromatic N) is 3. The maximum Gasteiger partial charge on any atom is 0.269 e. The quantitative estimate of drug-likeness (QED) is 0.264. The summed E-state index contributed by atoms with van der Waals surface area (Å²) < 4.78 is 4.41. The molecule has 1 aromatic heterocycles. The molecule has 0 saturated heterocycles. The fourth-order valence-electron chi connectivity index (χ4n) is 4.68. The Bertz CT molecular complexity index is 1420. The van der Waals surface area contributed by atoms with Gasteiger partial charge in [-0.25, -0.2) is 0 Å². The summed E-state index contributed by atoms with van der Waals surface area (Å²) in [6.45, 7) is 4.46. The van der Waals surface area contributed by atoms with Gasteiger partial charge in [-0.05, 0) is 41.1 Å². The number of anilines is 2. The molecular formula is C27H23N3. The lowest BCUT2D eigenvalue weighted by atomic mass is 10.0. The zero-order valence-electron chi connectivity index (χ0n) is 17.4. The van der Waals surface area contributed by atoms with Crippen LogP contribution in [0.3, 0.4) is 0 Å². The number of hydrogen-bond acceptors (Lipinski definition) is 1. The van der Waals surface area contributed by atoms with Crippen LogP contribution in [0.4, 0.5) is 11.4 Å². The molecule has 2 heterocycles. The van der Waals surface area contributed by atoms with Gasteiger partial charge in [0, 0.05) is 18.1 Å². The second-order valence-electron chi connectivity index (χ2n) is 8.38. The zero-order chi connectivity index (χ0) is 20.4. The van der Waals surface area contributed by atoms with Crippen LogP contribution >= 0.6 is 0 Å². The van der Waals surface area contributed by atoms with E-state index in [1.54, 1.807) is 0 Å². The van der Waals surface area contributed by atoms with E-state index in [4.69, 9.17) is 0 Å². The summed E-state index contributed by atoms with van der Waals surface area (Å²) in [5.74, 6) is 0.525. The highest BCUT2D eigenvalue weighted by Crippen LogP contribution is 2.41. The van der Waals surface area contributed by atoms with Gasteiger partial charge in [0.1, 0.15) is 5.52 Å². The van der Waals surface area contributed by atoms with E-state index in [9.17, 15) is 0 Å². The van der Waals surface area contributed by atoms with Gasteiger partial charge in [-0.1, -0.05) is 68.4 Å². The van der Waals surface area contributed by atoms with Crippen molar-refractivity contribution in [3.8, 4) is 11.4 Å². The minimum Gasteiger partial charge on any atom is -0.350 e. The fourth-order valence-corrected chi connectivity index (χ4v) is 4.68. The van der Waals surface area contributed by atoms with Gasteiger partial charge in [0.05, 0.1) is 22.6 Å². The highest BCUT2D eigenvalue weighted by atomic mass is 15.2. The topological polar surface area (TPSA) is 12.0 Å². The molecule has 0 amide bonds. The number of rotatable bonds is 2. The van der Waals surface area contributed by atoms with Crippen molar-refractivity contribution in [1.82, 2.24) is 4.57 Å². The standard InChI is InChI=1S/C27H23N3/c1-18(2)19-11-14-21(15-12-19)29-17-30-25-16-13-20-7-4-5-8-22(20)26(25)28(3)23-9-6-10-24(29)27(23)30/h4-16,18H,1-3H3. The first kappa shape index (κ1) is 17.3. The first-order valence-electron chi connectivity index (χ1n) is 10.5. The Morgan fingerprint density at radius 2 is 1.63 bits per heavy atom. The highest BCUT2D eigenvalue weighted by molar-refractivity contribution is 6.03. The van der Waals surface area contributed by atoms with Crippen LogP contribution in [0, 0.1) is 6.33 Å². The minimum absolute atomic E-state index is 0.525.